The van der Waals surface area contributed by atoms with Crippen LogP contribution < -0.4 is 10.2 Å². The second-order valence-corrected chi connectivity index (χ2v) is 7.92. The largest absolute Gasteiger partial charge is 0.370 e. The Morgan fingerprint density at radius 1 is 1.35 bits per heavy atom. The van der Waals surface area contributed by atoms with Crippen molar-refractivity contribution in [2.75, 3.05) is 29.9 Å². The molecule has 1 aliphatic rings. The maximum Gasteiger partial charge on any atom is 0.264 e. The zero-order valence-corrected chi connectivity index (χ0v) is 15.7. The Morgan fingerprint density at radius 2 is 2.04 bits per heavy atom. The molecule has 1 amide bonds. The molecular weight excluding hydrogens is 345 g/mol. The van der Waals surface area contributed by atoms with Gasteiger partial charge >= 0.3 is 0 Å². The van der Waals surface area contributed by atoms with Crippen molar-refractivity contribution in [2.45, 2.75) is 53.1 Å². The van der Waals surface area contributed by atoms with Crippen LogP contribution in [0.1, 0.15) is 39.2 Å². The fraction of sp³-hybridized carbons (Fsp3) is 0.632. The van der Waals surface area contributed by atoms with Gasteiger partial charge in [0.2, 0.25) is 5.91 Å². The predicted molar refractivity (Wildman–Crippen MR) is 96.4 cm³/mol. The normalized spacial score (nSPS) is 18.8. The van der Waals surface area contributed by atoms with Crippen molar-refractivity contribution in [3.05, 3.63) is 23.5 Å². The van der Waals surface area contributed by atoms with Gasteiger partial charge in [-0.15, -0.1) is 0 Å². The van der Waals surface area contributed by atoms with Gasteiger partial charge in [0.15, 0.2) is 0 Å². The van der Waals surface area contributed by atoms with E-state index in [1.807, 2.05) is 25.7 Å². The second-order valence-electron chi connectivity index (χ2n) is 7.92. The standard InChI is InChI=1S/C19H27F3N2O2/c1-12-9-13(24-6-5-15(18(21)22)26-8-7-24)10-14(20)17(12)23-16(25)11-19(2,3)4/h9-10,15,18H,5-8,11H2,1-4H3,(H,23,25). The number of carbonyl (C=O) groups excluding carboxylic acids is 1. The van der Waals surface area contributed by atoms with Crippen LogP contribution in [-0.4, -0.2) is 38.1 Å². The number of aryl methyl sites for hydroxylation is 1. The molecule has 1 fully saturated rings. The molecule has 2 rings (SSSR count). The summed E-state index contributed by atoms with van der Waals surface area (Å²) < 4.78 is 45.3. The van der Waals surface area contributed by atoms with Crippen molar-refractivity contribution in [2.24, 2.45) is 5.41 Å². The number of carbonyl (C=O) groups is 1. The van der Waals surface area contributed by atoms with E-state index in [1.165, 1.54) is 6.07 Å². The number of hydrogen-bond donors (Lipinski definition) is 1. The number of nitrogens with zero attached hydrogens (tertiary/aromatic N) is 1. The van der Waals surface area contributed by atoms with Crippen LogP contribution in [0.4, 0.5) is 24.5 Å². The molecule has 1 heterocycles. The fourth-order valence-corrected chi connectivity index (χ4v) is 2.98. The van der Waals surface area contributed by atoms with E-state index in [1.54, 1.807) is 13.0 Å². The Labute approximate surface area is 152 Å². The lowest BCUT2D eigenvalue weighted by Crippen LogP contribution is -2.27. The van der Waals surface area contributed by atoms with E-state index in [4.69, 9.17) is 4.74 Å². The molecule has 1 saturated heterocycles. The third kappa shape index (κ3) is 5.62. The number of amides is 1. The van der Waals surface area contributed by atoms with E-state index in [2.05, 4.69) is 5.32 Å². The zero-order chi connectivity index (χ0) is 19.5. The van der Waals surface area contributed by atoms with Gasteiger partial charge in [-0.3, -0.25) is 4.79 Å². The quantitative estimate of drug-likeness (QED) is 0.853. The maximum absolute atomic E-state index is 14.6. The highest BCUT2D eigenvalue weighted by Crippen LogP contribution is 2.29. The van der Waals surface area contributed by atoms with Gasteiger partial charge < -0.3 is 15.0 Å². The summed E-state index contributed by atoms with van der Waals surface area (Å²) in [7, 11) is 0. The summed E-state index contributed by atoms with van der Waals surface area (Å²) in [5.74, 6) is -0.770. The Hall–Kier alpha value is -1.76. The maximum atomic E-state index is 14.6. The van der Waals surface area contributed by atoms with Crippen LogP contribution in [0.3, 0.4) is 0 Å². The van der Waals surface area contributed by atoms with Gasteiger partial charge in [0.05, 0.1) is 12.3 Å². The number of alkyl halides is 2. The first-order valence-corrected chi connectivity index (χ1v) is 8.81. The van der Waals surface area contributed by atoms with E-state index in [9.17, 15) is 18.0 Å². The molecule has 0 aliphatic carbocycles. The molecule has 4 nitrogen and oxygen atoms in total. The van der Waals surface area contributed by atoms with Crippen molar-refractivity contribution in [3.63, 3.8) is 0 Å². The highest BCUT2D eigenvalue weighted by atomic mass is 19.3. The van der Waals surface area contributed by atoms with Crippen molar-refractivity contribution in [1.82, 2.24) is 0 Å². The zero-order valence-electron chi connectivity index (χ0n) is 15.7. The van der Waals surface area contributed by atoms with Crippen LogP contribution in [0.2, 0.25) is 0 Å². The molecule has 0 bridgehead atoms. The topological polar surface area (TPSA) is 41.6 Å². The smallest absolute Gasteiger partial charge is 0.264 e. The summed E-state index contributed by atoms with van der Waals surface area (Å²) >= 11 is 0. The van der Waals surface area contributed by atoms with Gasteiger partial charge in [-0.2, -0.15) is 0 Å². The molecular formula is C19H27F3N2O2. The van der Waals surface area contributed by atoms with Crippen LogP contribution in [0, 0.1) is 18.2 Å². The minimum absolute atomic E-state index is 0.166. The number of halogens is 3. The summed E-state index contributed by atoms with van der Waals surface area (Å²) in [6.07, 6.45) is -3.13. The second kappa shape index (κ2) is 8.29. The molecule has 1 aromatic carbocycles. The summed E-state index contributed by atoms with van der Waals surface area (Å²) in [5, 5.41) is 2.64. The van der Waals surface area contributed by atoms with Crippen molar-refractivity contribution in [1.29, 1.82) is 0 Å². The number of rotatable bonds is 4. The summed E-state index contributed by atoms with van der Waals surface area (Å²) in [4.78, 5) is 13.9. The Kier molecular flexibility index (Phi) is 6.55. The molecule has 26 heavy (non-hydrogen) atoms. The highest BCUT2D eigenvalue weighted by molar-refractivity contribution is 5.92. The summed E-state index contributed by atoms with van der Waals surface area (Å²) in [6.45, 7) is 8.48. The highest BCUT2D eigenvalue weighted by Gasteiger charge is 2.26. The lowest BCUT2D eigenvalue weighted by atomic mass is 9.92. The molecule has 1 aliphatic heterocycles. The first-order valence-electron chi connectivity index (χ1n) is 8.81. The number of nitrogens with one attached hydrogen (secondary N) is 1. The van der Waals surface area contributed by atoms with Crippen molar-refractivity contribution >= 4 is 17.3 Å². The lowest BCUT2D eigenvalue weighted by molar-refractivity contribution is -0.117. The average Bonchev–Trinajstić information content (AvgIpc) is 2.75. The Balaban J connectivity index is 2.12. The third-order valence-electron chi connectivity index (χ3n) is 4.25. The van der Waals surface area contributed by atoms with Crippen LogP contribution >= 0.6 is 0 Å². The molecule has 0 aromatic heterocycles. The molecule has 0 saturated carbocycles. The van der Waals surface area contributed by atoms with E-state index < -0.39 is 18.3 Å². The Morgan fingerprint density at radius 3 is 2.62 bits per heavy atom. The molecule has 146 valence electrons. The van der Waals surface area contributed by atoms with Crippen LogP contribution in [-0.2, 0) is 9.53 Å². The third-order valence-corrected chi connectivity index (χ3v) is 4.25. The number of ether oxygens (including phenoxy) is 1. The molecule has 1 N–H and O–H groups in total. The van der Waals surface area contributed by atoms with Crippen molar-refractivity contribution < 1.29 is 22.7 Å². The van der Waals surface area contributed by atoms with Crippen LogP contribution in [0.25, 0.3) is 0 Å². The summed E-state index contributed by atoms with van der Waals surface area (Å²) in [6, 6.07) is 3.10. The molecule has 0 spiro atoms. The van der Waals surface area contributed by atoms with E-state index in [0.717, 1.165) is 0 Å². The number of anilines is 2. The van der Waals surface area contributed by atoms with Gasteiger partial charge in [0.1, 0.15) is 11.9 Å². The predicted octanol–water partition coefficient (Wildman–Crippen LogP) is 4.37. The Bertz CT molecular complexity index is 621. The molecule has 1 unspecified atom stereocenters. The van der Waals surface area contributed by atoms with Gasteiger partial charge in [-0.05, 0) is 36.5 Å². The van der Waals surface area contributed by atoms with E-state index in [0.29, 0.717) is 24.3 Å². The minimum atomic E-state index is -2.52. The fourth-order valence-electron chi connectivity index (χ4n) is 2.98. The lowest BCUT2D eigenvalue weighted by Gasteiger charge is -2.24. The van der Waals surface area contributed by atoms with Crippen molar-refractivity contribution in [3.8, 4) is 0 Å². The molecule has 1 aromatic rings. The first kappa shape index (κ1) is 20.6. The van der Waals surface area contributed by atoms with Gasteiger partial charge in [0.25, 0.3) is 6.43 Å². The van der Waals surface area contributed by atoms with Crippen LogP contribution in [0.5, 0.6) is 0 Å². The minimum Gasteiger partial charge on any atom is -0.370 e. The SMILES string of the molecule is Cc1cc(N2CCOC(C(F)F)CC2)cc(F)c1NC(=O)CC(C)(C)C. The van der Waals surface area contributed by atoms with Gasteiger partial charge in [-0.25, -0.2) is 13.2 Å². The molecule has 7 heteroatoms. The van der Waals surface area contributed by atoms with E-state index in [-0.39, 0.29) is 36.5 Å². The molecule has 0 radical (unpaired) electrons. The summed E-state index contributed by atoms with van der Waals surface area (Å²) in [5.41, 5.74) is 1.17. The van der Waals surface area contributed by atoms with E-state index >= 15 is 0 Å². The first-order chi connectivity index (χ1) is 12.1. The average molecular weight is 372 g/mol. The molecule has 1 atom stereocenters. The monoisotopic (exact) mass is 372 g/mol. The van der Waals surface area contributed by atoms with Crippen LogP contribution in [0.15, 0.2) is 12.1 Å². The van der Waals surface area contributed by atoms with Gasteiger partial charge in [0, 0.05) is 25.2 Å². The number of benzene rings is 1. The van der Waals surface area contributed by atoms with Gasteiger partial charge in [-0.1, -0.05) is 20.8 Å². The number of hydrogen-bond acceptors (Lipinski definition) is 3.